The summed E-state index contributed by atoms with van der Waals surface area (Å²) in [6.45, 7) is 0.472. The fourth-order valence-corrected chi connectivity index (χ4v) is 2.80. The molecule has 3 rings (SSSR count). The number of thiocarbonyl (C=S) groups is 1. The van der Waals surface area contributed by atoms with E-state index in [1.165, 1.54) is 18.2 Å². The Morgan fingerprint density at radius 3 is 2.58 bits per heavy atom. The fraction of sp³-hybridized carbons (Fsp3) is 0.0625. The van der Waals surface area contributed by atoms with Gasteiger partial charge in [-0.05, 0) is 48.1 Å². The highest BCUT2D eigenvalue weighted by atomic mass is 35.5. The third-order valence-corrected chi connectivity index (χ3v) is 4.50. The van der Waals surface area contributed by atoms with E-state index in [0.29, 0.717) is 28.2 Å². The summed E-state index contributed by atoms with van der Waals surface area (Å²) >= 11 is 22.8. The summed E-state index contributed by atoms with van der Waals surface area (Å²) in [5.41, 5.74) is 1.47. The first-order chi connectivity index (χ1) is 12.4. The van der Waals surface area contributed by atoms with Crippen molar-refractivity contribution in [2.75, 3.05) is 10.6 Å². The number of nitrogens with zero attached hydrogens (tertiary/aromatic N) is 3. The molecule has 10 heteroatoms. The average molecular weight is 431 g/mol. The molecule has 0 saturated heterocycles. The van der Waals surface area contributed by atoms with Crippen LogP contribution in [0.15, 0.2) is 42.7 Å². The standard InChI is InChI=1S/C16H11Cl3FN5S/c17-11-3-1-9(5-12(11)18)7-25-8-21-15(24-25)23-16(26)22-10-2-4-14(20)13(19)6-10/h1-6,8H,7H2,(H2,22,23,24,26). The zero-order chi connectivity index (χ0) is 18.7. The van der Waals surface area contributed by atoms with Crippen molar-refractivity contribution in [3.63, 3.8) is 0 Å². The summed E-state index contributed by atoms with van der Waals surface area (Å²) in [7, 11) is 0. The molecule has 0 atom stereocenters. The molecule has 0 saturated carbocycles. The van der Waals surface area contributed by atoms with Crippen LogP contribution >= 0.6 is 47.0 Å². The number of benzene rings is 2. The Morgan fingerprint density at radius 1 is 1.04 bits per heavy atom. The summed E-state index contributed by atoms with van der Waals surface area (Å²) < 4.78 is 14.8. The molecule has 0 aliphatic rings. The lowest BCUT2D eigenvalue weighted by Crippen LogP contribution is -2.20. The van der Waals surface area contributed by atoms with Gasteiger partial charge in [-0.2, -0.15) is 0 Å². The Balaban J connectivity index is 1.61. The zero-order valence-corrected chi connectivity index (χ0v) is 16.1. The predicted molar refractivity (Wildman–Crippen MR) is 107 cm³/mol. The van der Waals surface area contributed by atoms with Crippen molar-refractivity contribution in [2.24, 2.45) is 0 Å². The number of rotatable bonds is 4. The molecule has 0 fully saturated rings. The molecular weight excluding hydrogens is 420 g/mol. The molecule has 1 heterocycles. The summed E-state index contributed by atoms with van der Waals surface area (Å²) in [5, 5.41) is 11.2. The lowest BCUT2D eigenvalue weighted by atomic mass is 10.2. The van der Waals surface area contributed by atoms with Gasteiger partial charge in [0, 0.05) is 5.69 Å². The SMILES string of the molecule is Fc1ccc(NC(=S)Nc2ncn(Cc3ccc(Cl)c(Cl)c3)n2)cc1Cl. The molecular formula is C16H11Cl3FN5S. The molecule has 2 N–H and O–H groups in total. The summed E-state index contributed by atoms with van der Waals surface area (Å²) in [4.78, 5) is 4.13. The van der Waals surface area contributed by atoms with Crippen molar-refractivity contribution in [1.82, 2.24) is 14.8 Å². The van der Waals surface area contributed by atoms with Crippen LogP contribution in [-0.2, 0) is 6.54 Å². The molecule has 0 aliphatic heterocycles. The summed E-state index contributed by atoms with van der Waals surface area (Å²) in [6, 6.07) is 9.54. The Hall–Kier alpha value is -1.93. The second kappa shape index (κ2) is 8.18. The highest BCUT2D eigenvalue weighted by molar-refractivity contribution is 7.80. The van der Waals surface area contributed by atoms with Gasteiger partial charge in [-0.3, -0.25) is 5.32 Å². The molecule has 26 heavy (non-hydrogen) atoms. The molecule has 0 radical (unpaired) electrons. The van der Waals surface area contributed by atoms with Gasteiger partial charge in [0.15, 0.2) is 5.11 Å². The van der Waals surface area contributed by atoms with E-state index in [9.17, 15) is 4.39 Å². The van der Waals surface area contributed by atoms with Crippen molar-refractivity contribution in [1.29, 1.82) is 0 Å². The van der Waals surface area contributed by atoms with Crippen molar-refractivity contribution >= 4 is 63.8 Å². The van der Waals surface area contributed by atoms with E-state index < -0.39 is 5.82 Å². The highest BCUT2D eigenvalue weighted by Crippen LogP contribution is 2.23. The van der Waals surface area contributed by atoms with Crippen LogP contribution in [0.25, 0.3) is 0 Å². The van der Waals surface area contributed by atoms with Gasteiger partial charge in [0.05, 0.1) is 21.6 Å². The number of hydrogen-bond acceptors (Lipinski definition) is 3. The maximum absolute atomic E-state index is 13.2. The normalized spacial score (nSPS) is 10.6. The van der Waals surface area contributed by atoms with E-state index in [-0.39, 0.29) is 10.1 Å². The number of anilines is 2. The van der Waals surface area contributed by atoms with Crippen molar-refractivity contribution in [2.45, 2.75) is 6.54 Å². The van der Waals surface area contributed by atoms with E-state index in [1.54, 1.807) is 23.1 Å². The maximum atomic E-state index is 13.2. The number of nitrogens with one attached hydrogen (secondary N) is 2. The molecule has 134 valence electrons. The Kier molecular flexibility index (Phi) is 5.93. The molecule has 2 aromatic carbocycles. The molecule has 0 unspecified atom stereocenters. The molecule has 0 bridgehead atoms. The number of halogens is 4. The van der Waals surface area contributed by atoms with Crippen molar-refractivity contribution in [3.05, 3.63) is 69.2 Å². The first kappa shape index (κ1) is 18.8. The minimum atomic E-state index is -0.501. The lowest BCUT2D eigenvalue weighted by Gasteiger charge is -2.08. The van der Waals surface area contributed by atoms with Gasteiger partial charge in [-0.25, -0.2) is 14.1 Å². The van der Waals surface area contributed by atoms with E-state index in [4.69, 9.17) is 47.0 Å². The predicted octanol–water partition coefficient (Wildman–Crippen LogP) is 5.23. The van der Waals surface area contributed by atoms with Gasteiger partial charge in [0.2, 0.25) is 5.95 Å². The maximum Gasteiger partial charge on any atom is 0.248 e. The molecule has 1 aromatic heterocycles. The van der Waals surface area contributed by atoms with Gasteiger partial charge in [0.1, 0.15) is 12.1 Å². The minimum absolute atomic E-state index is 0.00169. The van der Waals surface area contributed by atoms with Crippen LogP contribution in [0.1, 0.15) is 5.56 Å². The Labute approximate surface area is 169 Å². The van der Waals surface area contributed by atoms with E-state index in [1.807, 2.05) is 6.07 Å². The van der Waals surface area contributed by atoms with E-state index >= 15 is 0 Å². The monoisotopic (exact) mass is 429 g/mol. The van der Waals surface area contributed by atoms with E-state index in [2.05, 4.69) is 20.7 Å². The van der Waals surface area contributed by atoms with Crippen LogP contribution in [0.3, 0.4) is 0 Å². The Morgan fingerprint density at radius 2 is 1.85 bits per heavy atom. The third kappa shape index (κ3) is 4.82. The molecule has 0 amide bonds. The summed E-state index contributed by atoms with van der Waals surface area (Å²) in [6.07, 6.45) is 1.56. The molecule has 5 nitrogen and oxygen atoms in total. The van der Waals surface area contributed by atoms with Crippen LogP contribution in [-0.4, -0.2) is 19.9 Å². The quantitative estimate of drug-likeness (QED) is 0.555. The zero-order valence-electron chi connectivity index (χ0n) is 13.0. The highest BCUT2D eigenvalue weighted by Gasteiger charge is 2.07. The van der Waals surface area contributed by atoms with Gasteiger partial charge >= 0.3 is 0 Å². The Bertz CT molecular complexity index is 963. The first-order valence-electron chi connectivity index (χ1n) is 7.27. The fourth-order valence-electron chi connectivity index (χ4n) is 2.09. The lowest BCUT2D eigenvalue weighted by molar-refractivity contribution is 0.628. The smallest absolute Gasteiger partial charge is 0.248 e. The number of aromatic nitrogens is 3. The topological polar surface area (TPSA) is 54.8 Å². The van der Waals surface area contributed by atoms with Crippen LogP contribution in [0, 0.1) is 5.82 Å². The van der Waals surface area contributed by atoms with Crippen LogP contribution in [0.2, 0.25) is 15.1 Å². The van der Waals surface area contributed by atoms with Gasteiger partial charge in [-0.15, -0.1) is 5.10 Å². The van der Waals surface area contributed by atoms with Gasteiger partial charge in [-0.1, -0.05) is 40.9 Å². The minimum Gasteiger partial charge on any atom is -0.332 e. The molecule has 3 aromatic rings. The van der Waals surface area contributed by atoms with Crippen molar-refractivity contribution in [3.8, 4) is 0 Å². The number of hydrogen-bond donors (Lipinski definition) is 2. The second-order valence-corrected chi connectivity index (χ2v) is 6.85. The first-order valence-corrected chi connectivity index (χ1v) is 8.81. The van der Waals surface area contributed by atoms with Gasteiger partial charge < -0.3 is 5.32 Å². The second-order valence-electron chi connectivity index (χ2n) is 5.22. The van der Waals surface area contributed by atoms with Crippen LogP contribution in [0.5, 0.6) is 0 Å². The van der Waals surface area contributed by atoms with E-state index in [0.717, 1.165) is 5.56 Å². The largest absolute Gasteiger partial charge is 0.332 e. The average Bonchev–Trinajstić information content (AvgIpc) is 3.01. The third-order valence-electron chi connectivity index (χ3n) is 3.27. The van der Waals surface area contributed by atoms with Crippen LogP contribution in [0.4, 0.5) is 16.0 Å². The van der Waals surface area contributed by atoms with Crippen molar-refractivity contribution < 1.29 is 4.39 Å². The molecule has 0 spiro atoms. The van der Waals surface area contributed by atoms with Gasteiger partial charge in [0.25, 0.3) is 0 Å². The van der Waals surface area contributed by atoms with Crippen LogP contribution < -0.4 is 10.6 Å². The summed E-state index contributed by atoms with van der Waals surface area (Å²) in [5.74, 6) is -0.186. The molecule has 0 aliphatic carbocycles.